The lowest BCUT2D eigenvalue weighted by Gasteiger charge is -2.18. The number of hydrogen-bond acceptors (Lipinski definition) is 2. The molecule has 1 aliphatic rings. The van der Waals surface area contributed by atoms with Gasteiger partial charge in [-0.2, -0.15) is 0 Å². The third-order valence-electron chi connectivity index (χ3n) is 2.86. The van der Waals surface area contributed by atoms with Crippen molar-refractivity contribution in [3.05, 3.63) is 36.9 Å². The van der Waals surface area contributed by atoms with E-state index in [0.717, 1.165) is 11.4 Å². The molecule has 16 heavy (non-hydrogen) atoms. The van der Waals surface area contributed by atoms with Crippen molar-refractivity contribution in [3.8, 4) is 5.75 Å². The van der Waals surface area contributed by atoms with Gasteiger partial charge in [-0.3, -0.25) is 4.79 Å². The number of benzene rings is 1. The van der Waals surface area contributed by atoms with E-state index in [9.17, 15) is 4.79 Å². The zero-order valence-electron chi connectivity index (χ0n) is 9.35. The van der Waals surface area contributed by atoms with Crippen molar-refractivity contribution in [3.63, 3.8) is 0 Å². The van der Waals surface area contributed by atoms with Gasteiger partial charge in [0.15, 0.2) is 0 Å². The Labute approximate surface area is 95.3 Å². The van der Waals surface area contributed by atoms with Crippen LogP contribution in [0.4, 0.5) is 5.69 Å². The zero-order valence-corrected chi connectivity index (χ0v) is 9.35. The number of para-hydroxylation sites is 2. The predicted octanol–water partition coefficient (Wildman–Crippen LogP) is 2.23. The molecular formula is C13H15NO2. The van der Waals surface area contributed by atoms with Gasteiger partial charge < -0.3 is 9.64 Å². The highest BCUT2D eigenvalue weighted by Crippen LogP contribution is 2.32. The number of hydrogen-bond donors (Lipinski definition) is 0. The Bertz CT molecular complexity index is 414. The lowest BCUT2D eigenvalue weighted by molar-refractivity contribution is -0.117. The number of nitrogens with zero attached hydrogens (tertiary/aromatic N) is 1. The van der Waals surface area contributed by atoms with E-state index < -0.39 is 0 Å². The molecule has 0 saturated carbocycles. The van der Waals surface area contributed by atoms with E-state index in [2.05, 4.69) is 6.58 Å². The molecule has 0 radical (unpaired) electrons. The van der Waals surface area contributed by atoms with Crippen molar-refractivity contribution in [2.75, 3.05) is 18.6 Å². The quantitative estimate of drug-likeness (QED) is 0.727. The van der Waals surface area contributed by atoms with Crippen molar-refractivity contribution in [2.45, 2.75) is 6.42 Å². The predicted molar refractivity (Wildman–Crippen MR) is 63.7 cm³/mol. The summed E-state index contributed by atoms with van der Waals surface area (Å²) < 4.78 is 5.26. The van der Waals surface area contributed by atoms with Crippen LogP contribution < -0.4 is 9.64 Å². The topological polar surface area (TPSA) is 29.5 Å². The van der Waals surface area contributed by atoms with E-state index in [4.69, 9.17) is 4.74 Å². The number of anilines is 1. The van der Waals surface area contributed by atoms with Crippen LogP contribution in [-0.2, 0) is 4.79 Å². The molecule has 1 atom stereocenters. The summed E-state index contributed by atoms with van der Waals surface area (Å²) in [5.41, 5.74) is 0.847. The number of ether oxygens (including phenoxy) is 1. The lowest BCUT2D eigenvalue weighted by Crippen LogP contribution is -2.24. The first-order valence-electron chi connectivity index (χ1n) is 5.32. The smallest absolute Gasteiger partial charge is 0.227 e. The van der Waals surface area contributed by atoms with Gasteiger partial charge in [-0.15, -0.1) is 6.58 Å². The minimum absolute atomic E-state index is 0.134. The van der Waals surface area contributed by atoms with Crippen molar-refractivity contribution in [1.29, 1.82) is 0 Å². The summed E-state index contributed by atoms with van der Waals surface area (Å²) in [4.78, 5) is 13.6. The highest BCUT2D eigenvalue weighted by molar-refractivity contribution is 5.97. The monoisotopic (exact) mass is 217 g/mol. The molecule has 1 amide bonds. The van der Waals surface area contributed by atoms with Gasteiger partial charge in [0.25, 0.3) is 0 Å². The fourth-order valence-corrected chi connectivity index (χ4v) is 1.98. The van der Waals surface area contributed by atoms with E-state index in [1.165, 1.54) is 0 Å². The van der Waals surface area contributed by atoms with Gasteiger partial charge in [0.1, 0.15) is 5.75 Å². The number of amides is 1. The third-order valence-corrected chi connectivity index (χ3v) is 2.86. The second-order valence-corrected chi connectivity index (χ2v) is 3.88. The number of methoxy groups -OCH3 is 1. The van der Waals surface area contributed by atoms with Gasteiger partial charge in [-0.1, -0.05) is 18.2 Å². The van der Waals surface area contributed by atoms with Gasteiger partial charge >= 0.3 is 0 Å². The average molecular weight is 217 g/mol. The van der Waals surface area contributed by atoms with Crippen molar-refractivity contribution in [1.82, 2.24) is 0 Å². The second-order valence-electron chi connectivity index (χ2n) is 3.88. The standard InChI is InChI=1S/C13H15NO2/c1-3-10-8-13(15)14(9-10)11-6-4-5-7-12(11)16-2/h3-7,10H,1,8-9H2,2H3. The first kappa shape index (κ1) is 10.7. The normalized spacial score (nSPS) is 19.9. The third kappa shape index (κ3) is 1.81. The Balaban J connectivity index is 2.30. The summed E-state index contributed by atoms with van der Waals surface area (Å²) in [6.07, 6.45) is 2.38. The average Bonchev–Trinajstić information content (AvgIpc) is 2.70. The van der Waals surface area contributed by atoms with Crippen LogP contribution in [0.3, 0.4) is 0 Å². The van der Waals surface area contributed by atoms with E-state index in [1.807, 2.05) is 30.3 Å². The van der Waals surface area contributed by atoms with Gasteiger partial charge in [-0.05, 0) is 12.1 Å². The fraction of sp³-hybridized carbons (Fsp3) is 0.308. The van der Waals surface area contributed by atoms with Crippen LogP contribution in [0.1, 0.15) is 6.42 Å². The molecule has 1 heterocycles. The molecule has 0 bridgehead atoms. The Morgan fingerprint density at radius 3 is 2.88 bits per heavy atom. The molecular weight excluding hydrogens is 202 g/mol. The summed E-state index contributed by atoms with van der Waals surface area (Å²) in [6, 6.07) is 7.58. The molecule has 1 aliphatic heterocycles. The molecule has 0 spiro atoms. The van der Waals surface area contributed by atoms with Gasteiger partial charge in [0, 0.05) is 18.9 Å². The number of carbonyl (C=O) groups is 1. The van der Waals surface area contributed by atoms with Crippen LogP contribution in [0.5, 0.6) is 5.75 Å². The van der Waals surface area contributed by atoms with Crippen LogP contribution >= 0.6 is 0 Å². The molecule has 1 saturated heterocycles. The second kappa shape index (κ2) is 4.39. The molecule has 3 heteroatoms. The minimum atomic E-state index is 0.134. The van der Waals surface area contributed by atoms with Crippen LogP contribution in [0.2, 0.25) is 0 Å². The molecule has 0 aromatic heterocycles. The Hall–Kier alpha value is -1.77. The number of carbonyl (C=O) groups excluding carboxylic acids is 1. The Morgan fingerprint density at radius 2 is 2.25 bits per heavy atom. The van der Waals surface area contributed by atoms with Gasteiger partial charge in [0.05, 0.1) is 12.8 Å². The summed E-state index contributed by atoms with van der Waals surface area (Å²) >= 11 is 0. The summed E-state index contributed by atoms with van der Waals surface area (Å²) in [5, 5.41) is 0. The maximum atomic E-state index is 11.8. The highest BCUT2D eigenvalue weighted by Gasteiger charge is 2.30. The van der Waals surface area contributed by atoms with Crippen LogP contribution in [0, 0.1) is 5.92 Å². The first-order valence-corrected chi connectivity index (χ1v) is 5.32. The SMILES string of the molecule is C=CC1CC(=O)N(c2ccccc2OC)C1. The van der Waals surface area contributed by atoms with Crippen molar-refractivity contribution in [2.24, 2.45) is 5.92 Å². The molecule has 1 fully saturated rings. The van der Waals surface area contributed by atoms with Gasteiger partial charge in [0.2, 0.25) is 5.91 Å². The highest BCUT2D eigenvalue weighted by atomic mass is 16.5. The van der Waals surface area contributed by atoms with Crippen LogP contribution in [0.25, 0.3) is 0 Å². The van der Waals surface area contributed by atoms with E-state index in [1.54, 1.807) is 12.0 Å². The van der Waals surface area contributed by atoms with E-state index in [-0.39, 0.29) is 11.8 Å². The molecule has 3 nitrogen and oxygen atoms in total. The maximum absolute atomic E-state index is 11.8. The van der Waals surface area contributed by atoms with E-state index >= 15 is 0 Å². The zero-order chi connectivity index (χ0) is 11.5. The first-order chi connectivity index (χ1) is 7.76. The summed E-state index contributed by atoms with van der Waals surface area (Å²) in [6.45, 7) is 4.43. The van der Waals surface area contributed by atoms with Crippen LogP contribution in [-0.4, -0.2) is 19.6 Å². The fourth-order valence-electron chi connectivity index (χ4n) is 1.98. The molecule has 2 rings (SSSR count). The lowest BCUT2D eigenvalue weighted by atomic mass is 10.1. The molecule has 1 aromatic rings. The van der Waals surface area contributed by atoms with E-state index in [0.29, 0.717) is 13.0 Å². The Kier molecular flexibility index (Phi) is 2.95. The van der Waals surface area contributed by atoms with Crippen molar-refractivity contribution < 1.29 is 9.53 Å². The largest absolute Gasteiger partial charge is 0.495 e. The van der Waals surface area contributed by atoms with Crippen LogP contribution in [0.15, 0.2) is 36.9 Å². The molecule has 0 aliphatic carbocycles. The molecule has 1 unspecified atom stereocenters. The number of rotatable bonds is 3. The molecule has 84 valence electrons. The van der Waals surface area contributed by atoms with Crippen molar-refractivity contribution >= 4 is 11.6 Å². The Morgan fingerprint density at radius 1 is 1.50 bits per heavy atom. The summed E-state index contributed by atoms with van der Waals surface area (Å²) in [7, 11) is 1.62. The maximum Gasteiger partial charge on any atom is 0.227 e. The summed E-state index contributed by atoms with van der Waals surface area (Å²) in [5.74, 6) is 1.12. The minimum Gasteiger partial charge on any atom is -0.495 e. The molecule has 0 N–H and O–H groups in total. The molecule has 1 aromatic carbocycles. The van der Waals surface area contributed by atoms with Gasteiger partial charge in [-0.25, -0.2) is 0 Å².